The summed E-state index contributed by atoms with van der Waals surface area (Å²) in [4.78, 5) is 52.9. The van der Waals surface area contributed by atoms with Crippen molar-refractivity contribution in [3.05, 3.63) is 48.6 Å². The third kappa shape index (κ3) is 10.5. The van der Waals surface area contributed by atoms with Crippen LogP contribution in [0.25, 0.3) is 0 Å². The molecule has 0 aromatic heterocycles. The van der Waals surface area contributed by atoms with Crippen molar-refractivity contribution >= 4 is 23.9 Å². The Morgan fingerprint density at radius 3 is 2.28 bits per heavy atom. The van der Waals surface area contributed by atoms with E-state index in [1.54, 1.807) is 9.80 Å². The van der Waals surface area contributed by atoms with E-state index in [0.29, 0.717) is 52.0 Å². The van der Waals surface area contributed by atoms with Crippen molar-refractivity contribution in [3.8, 4) is 0 Å². The Bertz CT molecular complexity index is 889. The zero-order valence-corrected chi connectivity index (χ0v) is 21.7. The smallest absolute Gasteiger partial charge is 0.410 e. The summed E-state index contributed by atoms with van der Waals surface area (Å²) in [5, 5.41) is 2.72. The summed E-state index contributed by atoms with van der Waals surface area (Å²) in [5.41, 5.74) is 0.297. The molecule has 1 heterocycles. The minimum atomic E-state index is -0.583. The number of hydrogen-bond donors (Lipinski definition) is 1. The fourth-order valence-corrected chi connectivity index (χ4v) is 3.80. The van der Waals surface area contributed by atoms with Gasteiger partial charge in [-0.2, -0.15) is 0 Å². The highest BCUT2D eigenvalue weighted by molar-refractivity contribution is 5.86. The number of rotatable bonds is 11. The third-order valence-corrected chi connectivity index (χ3v) is 5.71. The predicted octanol–water partition coefficient (Wildman–Crippen LogP) is 3.29. The van der Waals surface area contributed by atoms with E-state index in [-0.39, 0.29) is 24.8 Å². The first-order chi connectivity index (χ1) is 17.1. The number of hydrogen-bond acceptors (Lipinski definition) is 6. The Morgan fingerprint density at radius 1 is 1.03 bits per heavy atom. The van der Waals surface area contributed by atoms with Crippen molar-refractivity contribution in [2.75, 3.05) is 32.7 Å². The van der Waals surface area contributed by atoms with Gasteiger partial charge in [-0.25, -0.2) is 4.79 Å². The lowest BCUT2D eigenvalue weighted by molar-refractivity contribution is -0.150. The van der Waals surface area contributed by atoms with Crippen molar-refractivity contribution in [2.24, 2.45) is 5.92 Å². The fourth-order valence-electron chi connectivity index (χ4n) is 3.80. The minimum absolute atomic E-state index is 0.0169. The van der Waals surface area contributed by atoms with Crippen LogP contribution in [0.2, 0.25) is 0 Å². The van der Waals surface area contributed by atoms with Crippen molar-refractivity contribution in [2.45, 2.75) is 58.7 Å². The van der Waals surface area contributed by atoms with Crippen molar-refractivity contribution in [1.82, 2.24) is 15.1 Å². The van der Waals surface area contributed by atoms with Crippen LogP contribution in [0.3, 0.4) is 0 Å². The van der Waals surface area contributed by atoms with Gasteiger partial charge in [0.2, 0.25) is 11.8 Å². The zero-order chi connectivity index (χ0) is 26.6. The van der Waals surface area contributed by atoms with Crippen LogP contribution in [0.5, 0.6) is 0 Å². The van der Waals surface area contributed by atoms with Crippen LogP contribution in [0, 0.1) is 5.92 Å². The lowest BCUT2D eigenvalue weighted by atomic mass is 9.96. The molecule has 1 aromatic carbocycles. The van der Waals surface area contributed by atoms with E-state index in [0.717, 1.165) is 5.56 Å². The maximum absolute atomic E-state index is 13.3. The number of carbonyl (C=O) groups excluding carboxylic acids is 4. The van der Waals surface area contributed by atoms with Crippen molar-refractivity contribution < 1.29 is 28.7 Å². The molecule has 1 aliphatic heterocycles. The number of piperazine rings is 1. The van der Waals surface area contributed by atoms with Crippen LogP contribution in [-0.4, -0.2) is 72.0 Å². The Balaban J connectivity index is 1.92. The molecular weight excluding hydrogens is 462 g/mol. The normalized spacial score (nSPS) is 14.5. The molecule has 1 aromatic rings. The SMILES string of the molecule is C=CC(=O)NCCCC[C@H](CC(=O)OCc1ccccc1)C(=O)N1CCN(C(=O)OC(C)(C)C)CC1. The molecule has 1 saturated heterocycles. The number of nitrogens with zero attached hydrogens (tertiary/aromatic N) is 2. The molecule has 36 heavy (non-hydrogen) atoms. The molecule has 2 rings (SSSR count). The quantitative estimate of drug-likeness (QED) is 0.283. The van der Waals surface area contributed by atoms with Gasteiger partial charge in [0.15, 0.2) is 0 Å². The van der Waals surface area contributed by atoms with Gasteiger partial charge >= 0.3 is 12.1 Å². The highest BCUT2D eigenvalue weighted by atomic mass is 16.6. The Kier molecular flexibility index (Phi) is 11.4. The Hall–Kier alpha value is -3.36. The van der Waals surface area contributed by atoms with Gasteiger partial charge in [0.1, 0.15) is 12.2 Å². The topological polar surface area (TPSA) is 105 Å². The van der Waals surface area contributed by atoms with Crippen LogP contribution in [0.1, 0.15) is 52.0 Å². The number of carbonyl (C=O) groups is 4. The largest absolute Gasteiger partial charge is 0.461 e. The van der Waals surface area contributed by atoms with Gasteiger partial charge in [-0.05, 0) is 45.3 Å². The molecule has 3 amide bonds. The highest BCUT2D eigenvalue weighted by Gasteiger charge is 2.32. The summed E-state index contributed by atoms with van der Waals surface area (Å²) < 4.78 is 10.8. The van der Waals surface area contributed by atoms with Crippen molar-refractivity contribution in [3.63, 3.8) is 0 Å². The molecule has 9 heteroatoms. The second-order valence-corrected chi connectivity index (χ2v) is 9.83. The molecule has 1 fully saturated rings. The van der Waals surface area contributed by atoms with Gasteiger partial charge in [-0.1, -0.05) is 43.3 Å². The monoisotopic (exact) mass is 501 g/mol. The first-order valence-electron chi connectivity index (χ1n) is 12.5. The van der Waals surface area contributed by atoms with Gasteiger partial charge in [0.05, 0.1) is 6.42 Å². The first-order valence-corrected chi connectivity index (χ1v) is 12.5. The second kappa shape index (κ2) is 14.3. The van der Waals surface area contributed by atoms with Gasteiger partial charge in [-0.3, -0.25) is 14.4 Å². The zero-order valence-electron chi connectivity index (χ0n) is 21.7. The van der Waals surface area contributed by atoms with Crippen LogP contribution in [0.4, 0.5) is 4.79 Å². The molecule has 1 aliphatic rings. The minimum Gasteiger partial charge on any atom is -0.461 e. The van der Waals surface area contributed by atoms with Crippen molar-refractivity contribution in [1.29, 1.82) is 0 Å². The van der Waals surface area contributed by atoms with Gasteiger partial charge in [0, 0.05) is 38.6 Å². The Morgan fingerprint density at radius 2 is 1.67 bits per heavy atom. The number of nitrogens with one attached hydrogen (secondary N) is 1. The maximum atomic E-state index is 13.3. The number of ether oxygens (including phenoxy) is 2. The number of esters is 1. The van der Waals surface area contributed by atoms with Gasteiger partial charge < -0.3 is 24.6 Å². The molecule has 0 spiro atoms. The average Bonchev–Trinajstić information content (AvgIpc) is 2.85. The summed E-state index contributed by atoms with van der Waals surface area (Å²) in [6, 6.07) is 9.38. The van der Waals surface area contributed by atoms with Crippen LogP contribution in [0.15, 0.2) is 43.0 Å². The second-order valence-electron chi connectivity index (χ2n) is 9.83. The highest BCUT2D eigenvalue weighted by Crippen LogP contribution is 2.20. The van der Waals surface area contributed by atoms with Crippen LogP contribution in [-0.2, 0) is 30.5 Å². The summed E-state index contributed by atoms with van der Waals surface area (Å²) >= 11 is 0. The van der Waals surface area contributed by atoms with Gasteiger partial charge in [-0.15, -0.1) is 0 Å². The Labute approximate surface area is 213 Å². The van der Waals surface area contributed by atoms with Crippen LogP contribution >= 0.6 is 0 Å². The molecule has 0 saturated carbocycles. The van der Waals surface area contributed by atoms with E-state index in [9.17, 15) is 19.2 Å². The molecule has 1 atom stereocenters. The molecule has 0 bridgehead atoms. The number of unbranched alkanes of at least 4 members (excludes halogenated alkanes) is 1. The molecule has 0 aliphatic carbocycles. The molecule has 9 nitrogen and oxygen atoms in total. The lowest BCUT2D eigenvalue weighted by Gasteiger charge is -2.37. The standard InChI is InChI=1S/C27H39N3O6/c1-5-23(31)28-14-10-9-13-22(19-24(32)35-20-21-11-7-6-8-12-21)25(33)29-15-17-30(18-16-29)26(34)36-27(2,3)4/h5-8,11-12,22H,1,9-10,13-20H2,2-4H3,(H,28,31)/t22-/m1/s1. The van der Waals surface area contributed by atoms with E-state index in [2.05, 4.69) is 11.9 Å². The third-order valence-electron chi connectivity index (χ3n) is 5.71. The van der Waals surface area contributed by atoms with E-state index in [1.165, 1.54) is 6.08 Å². The summed E-state index contributed by atoms with van der Waals surface area (Å²) in [5.74, 6) is -1.32. The number of benzene rings is 1. The van der Waals surface area contributed by atoms with E-state index in [1.807, 2.05) is 51.1 Å². The maximum Gasteiger partial charge on any atom is 0.410 e. The molecular formula is C27H39N3O6. The van der Waals surface area contributed by atoms with E-state index in [4.69, 9.17) is 9.47 Å². The summed E-state index contributed by atoms with van der Waals surface area (Å²) in [7, 11) is 0. The fraction of sp³-hybridized carbons (Fsp3) is 0.556. The molecule has 198 valence electrons. The number of amides is 3. The van der Waals surface area contributed by atoms with Crippen LogP contribution < -0.4 is 5.32 Å². The predicted molar refractivity (Wildman–Crippen MR) is 136 cm³/mol. The molecule has 0 radical (unpaired) electrons. The molecule has 0 unspecified atom stereocenters. The summed E-state index contributed by atoms with van der Waals surface area (Å²) in [6.07, 6.45) is 2.64. The van der Waals surface area contributed by atoms with E-state index >= 15 is 0 Å². The lowest BCUT2D eigenvalue weighted by Crippen LogP contribution is -2.53. The molecule has 1 N–H and O–H groups in total. The average molecular weight is 502 g/mol. The van der Waals surface area contributed by atoms with E-state index < -0.39 is 23.6 Å². The summed E-state index contributed by atoms with van der Waals surface area (Å²) in [6.45, 7) is 11.0. The first kappa shape index (κ1) is 28.9. The van der Waals surface area contributed by atoms with Gasteiger partial charge in [0.25, 0.3) is 0 Å².